The summed E-state index contributed by atoms with van der Waals surface area (Å²) in [6, 6.07) is 4.87. The molecule has 1 aromatic heterocycles. The lowest BCUT2D eigenvalue weighted by Crippen LogP contribution is -2.05. The average Bonchev–Trinajstić information content (AvgIpc) is 2.15. The molecule has 0 radical (unpaired) electrons. The first-order valence-corrected chi connectivity index (χ1v) is 6.04. The summed E-state index contributed by atoms with van der Waals surface area (Å²) in [5.74, 6) is 0. The van der Waals surface area contributed by atoms with Gasteiger partial charge in [0.2, 0.25) is 0 Å². The van der Waals surface area contributed by atoms with E-state index in [1.54, 1.807) is 19.2 Å². The number of rotatable bonds is 3. The fourth-order valence-corrected chi connectivity index (χ4v) is 1.58. The second-order valence-electron chi connectivity index (χ2n) is 3.05. The maximum absolute atomic E-state index is 11.2. The molecule has 0 saturated carbocycles. The van der Waals surface area contributed by atoms with Crippen molar-refractivity contribution in [3.05, 3.63) is 23.9 Å². The van der Waals surface area contributed by atoms with Crippen LogP contribution in [0, 0.1) is 0 Å². The van der Waals surface area contributed by atoms with E-state index < -0.39 is 9.84 Å². The highest BCUT2D eigenvalue weighted by Gasteiger charge is 2.11. The third-order valence-electron chi connectivity index (χ3n) is 1.90. The summed E-state index contributed by atoms with van der Waals surface area (Å²) in [4.78, 5) is 4.00. The van der Waals surface area contributed by atoms with Crippen LogP contribution in [0.2, 0.25) is 0 Å². The van der Waals surface area contributed by atoms with Crippen molar-refractivity contribution in [2.24, 2.45) is 0 Å². The molecule has 1 rings (SSSR count). The maximum Gasteiger partial charge on any atom is 0.192 e. The molecule has 0 aromatic carbocycles. The molecule has 4 nitrogen and oxygen atoms in total. The molecule has 78 valence electrons. The largest absolute Gasteiger partial charge is 0.375 e. The van der Waals surface area contributed by atoms with Crippen LogP contribution in [0.5, 0.6) is 0 Å². The van der Waals surface area contributed by atoms with Crippen LogP contribution in [0.3, 0.4) is 0 Å². The molecule has 0 aliphatic carbocycles. The van der Waals surface area contributed by atoms with Crippen LogP contribution in [-0.2, 0) is 14.6 Å². The highest BCUT2D eigenvalue weighted by atomic mass is 32.2. The van der Waals surface area contributed by atoms with Gasteiger partial charge in [0.05, 0.1) is 11.8 Å². The van der Waals surface area contributed by atoms with Gasteiger partial charge in [0.25, 0.3) is 0 Å². The van der Waals surface area contributed by atoms with Crippen molar-refractivity contribution in [1.29, 1.82) is 0 Å². The normalized spacial score (nSPS) is 13.9. The van der Waals surface area contributed by atoms with Crippen molar-refractivity contribution in [3.63, 3.8) is 0 Å². The topological polar surface area (TPSA) is 56.3 Å². The summed E-state index contributed by atoms with van der Waals surface area (Å²) in [6.45, 7) is 1.81. The molecule has 0 spiro atoms. The Morgan fingerprint density at radius 3 is 2.57 bits per heavy atom. The van der Waals surface area contributed by atoms with Crippen molar-refractivity contribution in [2.45, 2.75) is 18.1 Å². The van der Waals surface area contributed by atoms with Crippen molar-refractivity contribution in [1.82, 2.24) is 4.98 Å². The van der Waals surface area contributed by atoms with Crippen molar-refractivity contribution in [2.75, 3.05) is 13.4 Å². The summed E-state index contributed by atoms with van der Waals surface area (Å²) < 4.78 is 27.4. The summed E-state index contributed by atoms with van der Waals surface area (Å²) in [6.07, 6.45) is 0.938. The first-order valence-electron chi connectivity index (χ1n) is 4.15. The molecule has 0 aliphatic heterocycles. The first kappa shape index (κ1) is 11.1. The average molecular weight is 215 g/mol. The Morgan fingerprint density at radius 1 is 1.43 bits per heavy atom. The number of ether oxygens (including phenoxy) is 1. The molecule has 0 N–H and O–H groups in total. The highest BCUT2D eigenvalue weighted by Crippen LogP contribution is 2.15. The number of nitrogens with zero attached hydrogens (tertiary/aromatic N) is 1. The van der Waals surface area contributed by atoms with Crippen molar-refractivity contribution in [3.8, 4) is 0 Å². The first-order chi connectivity index (χ1) is 6.45. The second kappa shape index (κ2) is 4.06. The van der Waals surface area contributed by atoms with Crippen LogP contribution >= 0.6 is 0 Å². The van der Waals surface area contributed by atoms with Gasteiger partial charge in [-0.05, 0) is 19.1 Å². The molecular formula is C9H13NO3S. The van der Waals surface area contributed by atoms with Gasteiger partial charge < -0.3 is 4.74 Å². The smallest absolute Gasteiger partial charge is 0.192 e. The Morgan fingerprint density at radius 2 is 2.07 bits per heavy atom. The minimum atomic E-state index is -3.23. The second-order valence-corrected chi connectivity index (χ2v) is 5.01. The van der Waals surface area contributed by atoms with Gasteiger partial charge in [-0.3, -0.25) is 0 Å². The third-order valence-corrected chi connectivity index (χ3v) is 2.88. The van der Waals surface area contributed by atoms with E-state index in [-0.39, 0.29) is 11.1 Å². The van der Waals surface area contributed by atoms with E-state index in [0.29, 0.717) is 5.69 Å². The molecule has 0 amide bonds. The molecule has 1 atom stereocenters. The van der Waals surface area contributed by atoms with Crippen LogP contribution < -0.4 is 0 Å². The fourth-order valence-electron chi connectivity index (χ4n) is 0.984. The minimum Gasteiger partial charge on any atom is -0.375 e. The van der Waals surface area contributed by atoms with Gasteiger partial charge in [-0.25, -0.2) is 13.4 Å². The van der Waals surface area contributed by atoms with E-state index in [4.69, 9.17) is 4.74 Å². The van der Waals surface area contributed by atoms with Crippen LogP contribution in [0.15, 0.2) is 23.2 Å². The van der Waals surface area contributed by atoms with Gasteiger partial charge in [-0.2, -0.15) is 0 Å². The maximum atomic E-state index is 11.2. The SMILES string of the molecule is COC(C)c1cccc(S(C)(=O)=O)n1. The van der Waals surface area contributed by atoms with Crippen LogP contribution in [0.4, 0.5) is 0 Å². The van der Waals surface area contributed by atoms with Gasteiger partial charge in [0, 0.05) is 13.4 Å². The monoisotopic (exact) mass is 215 g/mol. The zero-order valence-corrected chi connectivity index (χ0v) is 9.21. The molecule has 0 fully saturated rings. The van der Waals surface area contributed by atoms with Crippen LogP contribution in [-0.4, -0.2) is 26.8 Å². The number of pyridine rings is 1. The lowest BCUT2D eigenvalue weighted by molar-refractivity contribution is 0.115. The van der Waals surface area contributed by atoms with Gasteiger partial charge in [0.1, 0.15) is 0 Å². The van der Waals surface area contributed by atoms with Gasteiger partial charge in [-0.15, -0.1) is 0 Å². The van der Waals surface area contributed by atoms with Gasteiger partial charge >= 0.3 is 0 Å². The van der Waals surface area contributed by atoms with E-state index in [2.05, 4.69) is 4.98 Å². The molecule has 0 aliphatic rings. The quantitative estimate of drug-likeness (QED) is 0.760. The number of aromatic nitrogens is 1. The number of sulfone groups is 1. The van der Waals surface area contributed by atoms with Gasteiger partial charge in [-0.1, -0.05) is 6.07 Å². The number of methoxy groups -OCH3 is 1. The fraction of sp³-hybridized carbons (Fsp3) is 0.444. The predicted molar refractivity (Wildman–Crippen MR) is 52.8 cm³/mol. The molecule has 14 heavy (non-hydrogen) atoms. The summed E-state index contributed by atoms with van der Waals surface area (Å²) in [5.41, 5.74) is 0.621. The zero-order chi connectivity index (χ0) is 10.8. The van der Waals surface area contributed by atoms with E-state index in [9.17, 15) is 8.42 Å². The van der Waals surface area contributed by atoms with Gasteiger partial charge in [0.15, 0.2) is 14.9 Å². The van der Waals surface area contributed by atoms with E-state index in [0.717, 1.165) is 6.26 Å². The molecule has 0 saturated heterocycles. The van der Waals surface area contributed by atoms with E-state index in [1.807, 2.05) is 6.92 Å². The highest BCUT2D eigenvalue weighted by molar-refractivity contribution is 7.90. The van der Waals surface area contributed by atoms with Crippen LogP contribution in [0.25, 0.3) is 0 Å². The zero-order valence-electron chi connectivity index (χ0n) is 8.39. The lowest BCUT2D eigenvalue weighted by atomic mass is 10.2. The summed E-state index contributed by atoms with van der Waals surface area (Å²) in [7, 11) is -1.68. The third kappa shape index (κ3) is 2.52. The predicted octanol–water partition coefficient (Wildman–Crippen LogP) is 1.19. The van der Waals surface area contributed by atoms with E-state index >= 15 is 0 Å². The summed E-state index contributed by atoms with van der Waals surface area (Å²) >= 11 is 0. The Bertz CT molecular complexity index is 414. The molecule has 1 aromatic rings. The summed E-state index contributed by atoms with van der Waals surface area (Å²) in [5, 5.41) is 0.0823. The van der Waals surface area contributed by atoms with Crippen molar-refractivity contribution >= 4 is 9.84 Å². The minimum absolute atomic E-state index is 0.0823. The van der Waals surface area contributed by atoms with E-state index in [1.165, 1.54) is 6.07 Å². The Kier molecular flexibility index (Phi) is 3.23. The molecule has 1 heterocycles. The standard InChI is InChI=1S/C9H13NO3S/c1-7(13-2)8-5-4-6-9(10-8)14(3,11)12/h4-7H,1-3H3. The number of hydrogen-bond acceptors (Lipinski definition) is 4. The molecule has 1 unspecified atom stereocenters. The van der Waals surface area contributed by atoms with Crippen LogP contribution in [0.1, 0.15) is 18.7 Å². The Balaban J connectivity index is 3.14. The lowest BCUT2D eigenvalue weighted by Gasteiger charge is -2.09. The Hall–Kier alpha value is -0.940. The number of hydrogen-bond donors (Lipinski definition) is 0. The molecule has 5 heteroatoms. The van der Waals surface area contributed by atoms with Crippen molar-refractivity contribution < 1.29 is 13.2 Å². The molecule has 0 bridgehead atoms. The Labute approximate surface area is 83.8 Å². The molecular weight excluding hydrogens is 202 g/mol.